The van der Waals surface area contributed by atoms with E-state index in [4.69, 9.17) is 4.74 Å². The van der Waals surface area contributed by atoms with Crippen molar-refractivity contribution in [3.05, 3.63) is 71.2 Å². The third-order valence-electron chi connectivity index (χ3n) is 3.98. The number of ether oxygens (including phenoxy) is 1. The molecule has 2 heterocycles. The molecule has 0 aliphatic carbocycles. The maximum atomic E-state index is 12.5. The third kappa shape index (κ3) is 3.43. The Balaban J connectivity index is 1.42. The Bertz CT molecular complexity index is 931. The van der Waals surface area contributed by atoms with E-state index >= 15 is 0 Å². The largest absolute Gasteiger partial charge is 0.480 e. The normalized spacial score (nSPS) is 15.0. The van der Waals surface area contributed by atoms with Crippen LogP contribution >= 0.6 is 11.3 Å². The molecule has 6 nitrogen and oxygen atoms in total. The van der Waals surface area contributed by atoms with Crippen molar-refractivity contribution in [1.29, 1.82) is 0 Å². The molecule has 130 valence electrons. The summed E-state index contributed by atoms with van der Waals surface area (Å²) in [5, 5.41) is 7.85. The van der Waals surface area contributed by atoms with Crippen LogP contribution in [-0.2, 0) is 11.2 Å². The van der Waals surface area contributed by atoms with E-state index in [0.717, 1.165) is 11.3 Å². The third-order valence-corrected chi connectivity index (χ3v) is 4.67. The maximum Gasteiger partial charge on any atom is 0.265 e. The Kier molecular flexibility index (Phi) is 4.37. The molecule has 0 saturated carbocycles. The lowest BCUT2D eigenvalue weighted by Gasteiger charge is -2.12. The van der Waals surface area contributed by atoms with Gasteiger partial charge in [-0.1, -0.05) is 24.3 Å². The van der Waals surface area contributed by atoms with Crippen molar-refractivity contribution in [1.82, 2.24) is 4.98 Å². The zero-order valence-corrected chi connectivity index (χ0v) is 14.5. The zero-order chi connectivity index (χ0) is 17.9. The van der Waals surface area contributed by atoms with Crippen LogP contribution in [0.3, 0.4) is 0 Å². The molecule has 2 N–H and O–H groups in total. The quantitative estimate of drug-likeness (QED) is 0.743. The summed E-state index contributed by atoms with van der Waals surface area (Å²) in [6.07, 6.45) is 1.59. The summed E-state index contributed by atoms with van der Waals surface area (Å²) < 4.78 is 5.69. The van der Waals surface area contributed by atoms with Crippen molar-refractivity contribution >= 4 is 34.0 Å². The van der Waals surface area contributed by atoms with E-state index in [1.54, 1.807) is 35.8 Å². The molecule has 7 heteroatoms. The van der Waals surface area contributed by atoms with Gasteiger partial charge in [0, 0.05) is 29.2 Å². The molecule has 1 aliphatic heterocycles. The lowest BCUT2D eigenvalue weighted by atomic mass is 10.1. The number of hydrogen-bond acceptors (Lipinski definition) is 5. The van der Waals surface area contributed by atoms with Gasteiger partial charge in [-0.15, -0.1) is 11.3 Å². The number of carbonyl (C=O) groups is 2. The van der Waals surface area contributed by atoms with Crippen LogP contribution in [0.5, 0.6) is 5.75 Å². The fraction of sp³-hybridized carbons (Fsp3) is 0.105. The minimum atomic E-state index is -0.569. The number of rotatable bonds is 4. The Morgan fingerprint density at radius 2 is 2.00 bits per heavy atom. The first-order chi connectivity index (χ1) is 12.7. The van der Waals surface area contributed by atoms with Crippen molar-refractivity contribution in [2.24, 2.45) is 0 Å². The Morgan fingerprint density at radius 1 is 1.12 bits per heavy atom. The monoisotopic (exact) mass is 365 g/mol. The maximum absolute atomic E-state index is 12.5. The predicted octanol–water partition coefficient (Wildman–Crippen LogP) is 3.34. The fourth-order valence-corrected chi connectivity index (χ4v) is 3.27. The molecule has 0 bridgehead atoms. The second kappa shape index (κ2) is 6.97. The van der Waals surface area contributed by atoms with Crippen LogP contribution < -0.4 is 15.4 Å². The van der Waals surface area contributed by atoms with Gasteiger partial charge in [-0.2, -0.15) is 0 Å². The molecule has 2 amide bonds. The van der Waals surface area contributed by atoms with E-state index < -0.39 is 6.10 Å². The van der Waals surface area contributed by atoms with Crippen molar-refractivity contribution in [2.45, 2.75) is 12.5 Å². The van der Waals surface area contributed by atoms with Crippen LogP contribution in [0.4, 0.5) is 10.8 Å². The van der Waals surface area contributed by atoms with E-state index in [1.165, 1.54) is 11.3 Å². The van der Waals surface area contributed by atoms with Crippen molar-refractivity contribution in [3.63, 3.8) is 0 Å². The number of nitrogens with zero attached hydrogens (tertiary/aromatic N) is 1. The zero-order valence-electron chi connectivity index (χ0n) is 13.6. The van der Waals surface area contributed by atoms with Crippen LogP contribution in [0.2, 0.25) is 0 Å². The highest BCUT2D eigenvalue weighted by Crippen LogP contribution is 2.28. The second-order valence-corrected chi connectivity index (χ2v) is 6.67. The van der Waals surface area contributed by atoms with Gasteiger partial charge in [0.05, 0.1) is 0 Å². The molecule has 0 spiro atoms. The standard InChI is InChI=1S/C19H15N3O3S/c23-17(22-19-20-8-9-26-19)13-5-3-6-14(10-13)21-18(24)16-11-12-4-1-2-7-15(12)25-16/h1-10,16H,11H2,(H,21,24)(H,20,22,23). The number of benzene rings is 2. The molecule has 1 unspecified atom stereocenters. The lowest BCUT2D eigenvalue weighted by molar-refractivity contribution is -0.122. The van der Waals surface area contributed by atoms with Gasteiger partial charge < -0.3 is 10.1 Å². The van der Waals surface area contributed by atoms with E-state index in [2.05, 4.69) is 15.6 Å². The van der Waals surface area contributed by atoms with Crippen molar-refractivity contribution in [3.8, 4) is 5.75 Å². The Labute approximate surface area is 153 Å². The van der Waals surface area contributed by atoms with Crippen LogP contribution in [0.1, 0.15) is 15.9 Å². The minimum Gasteiger partial charge on any atom is -0.480 e. The molecule has 4 rings (SSSR count). The summed E-state index contributed by atoms with van der Waals surface area (Å²) in [6, 6.07) is 14.4. The summed E-state index contributed by atoms with van der Waals surface area (Å²) in [5.74, 6) is 0.225. The van der Waals surface area contributed by atoms with Gasteiger partial charge in [-0.25, -0.2) is 4.98 Å². The SMILES string of the molecule is O=C(Nc1nccs1)c1cccc(NC(=O)C2Cc3ccccc3O2)c1. The number of aromatic nitrogens is 1. The van der Waals surface area contributed by atoms with Gasteiger partial charge in [0.2, 0.25) is 0 Å². The van der Waals surface area contributed by atoms with Crippen LogP contribution in [-0.4, -0.2) is 22.9 Å². The average molecular weight is 365 g/mol. The highest BCUT2D eigenvalue weighted by atomic mass is 32.1. The molecule has 0 saturated heterocycles. The summed E-state index contributed by atoms with van der Waals surface area (Å²) in [4.78, 5) is 28.8. The van der Waals surface area contributed by atoms with Gasteiger partial charge >= 0.3 is 0 Å². The van der Waals surface area contributed by atoms with Crippen LogP contribution in [0.15, 0.2) is 60.1 Å². The molecule has 1 atom stereocenters. The van der Waals surface area contributed by atoms with E-state index in [9.17, 15) is 9.59 Å². The highest BCUT2D eigenvalue weighted by Gasteiger charge is 2.28. The molecular weight excluding hydrogens is 350 g/mol. The van der Waals surface area contributed by atoms with Gasteiger partial charge in [-0.3, -0.25) is 14.9 Å². The van der Waals surface area contributed by atoms with E-state index in [0.29, 0.717) is 22.8 Å². The topological polar surface area (TPSA) is 80.3 Å². The summed E-state index contributed by atoms with van der Waals surface area (Å²) >= 11 is 1.34. The fourth-order valence-electron chi connectivity index (χ4n) is 2.74. The number of para-hydroxylation sites is 1. The molecule has 3 aromatic rings. The average Bonchev–Trinajstić information content (AvgIpc) is 3.31. The van der Waals surface area contributed by atoms with Gasteiger partial charge in [0.25, 0.3) is 11.8 Å². The minimum absolute atomic E-state index is 0.237. The second-order valence-electron chi connectivity index (χ2n) is 5.78. The van der Waals surface area contributed by atoms with Crippen LogP contribution in [0, 0.1) is 0 Å². The van der Waals surface area contributed by atoms with Crippen molar-refractivity contribution < 1.29 is 14.3 Å². The summed E-state index contributed by atoms with van der Waals surface area (Å²) in [6.45, 7) is 0. The Morgan fingerprint density at radius 3 is 2.81 bits per heavy atom. The summed E-state index contributed by atoms with van der Waals surface area (Å²) in [5.41, 5.74) is 2.00. The van der Waals surface area contributed by atoms with Gasteiger partial charge in [0.15, 0.2) is 11.2 Å². The molecular formula is C19H15N3O3S. The van der Waals surface area contributed by atoms with E-state index in [-0.39, 0.29) is 11.8 Å². The molecule has 0 fully saturated rings. The first-order valence-corrected chi connectivity index (χ1v) is 8.93. The van der Waals surface area contributed by atoms with Crippen LogP contribution in [0.25, 0.3) is 0 Å². The lowest BCUT2D eigenvalue weighted by Crippen LogP contribution is -2.31. The molecule has 26 heavy (non-hydrogen) atoms. The number of fused-ring (bicyclic) bond motifs is 1. The molecule has 2 aromatic carbocycles. The predicted molar refractivity (Wildman–Crippen MR) is 99.7 cm³/mol. The number of thiazole rings is 1. The molecule has 1 aromatic heterocycles. The van der Waals surface area contributed by atoms with Gasteiger partial charge in [-0.05, 0) is 29.8 Å². The number of nitrogens with one attached hydrogen (secondary N) is 2. The molecule has 0 radical (unpaired) electrons. The number of amides is 2. The van der Waals surface area contributed by atoms with Gasteiger partial charge in [0.1, 0.15) is 5.75 Å². The van der Waals surface area contributed by atoms with Crippen molar-refractivity contribution in [2.75, 3.05) is 10.6 Å². The number of anilines is 2. The first kappa shape index (κ1) is 16.3. The van der Waals surface area contributed by atoms with E-state index in [1.807, 2.05) is 24.3 Å². The first-order valence-electron chi connectivity index (χ1n) is 8.05. The summed E-state index contributed by atoms with van der Waals surface area (Å²) in [7, 11) is 0. The number of hydrogen-bond donors (Lipinski definition) is 2. The number of carbonyl (C=O) groups excluding carboxylic acids is 2. The molecule has 1 aliphatic rings. The highest BCUT2D eigenvalue weighted by molar-refractivity contribution is 7.13. The Hall–Kier alpha value is -3.19. The smallest absolute Gasteiger partial charge is 0.265 e.